The SMILES string of the molecule is O=S1(=O)NC[C@H](O)CN(Cc2ccccc2F)CC2(COc3cc(-c4ccccc4)ccc31)C[C@@H](O)[C@@H](O)C2. The molecule has 1 unspecified atom stereocenters. The number of rotatable bonds is 3. The van der Waals surface area contributed by atoms with Crippen molar-refractivity contribution >= 4 is 10.0 Å². The summed E-state index contributed by atoms with van der Waals surface area (Å²) in [4.78, 5) is 1.77. The van der Waals surface area contributed by atoms with Crippen LogP contribution in [0.15, 0.2) is 77.7 Å². The molecule has 1 aliphatic carbocycles. The number of hydrogen-bond acceptors (Lipinski definition) is 7. The zero-order valence-corrected chi connectivity index (χ0v) is 22.2. The fourth-order valence-electron chi connectivity index (χ4n) is 5.59. The molecule has 8 nitrogen and oxygen atoms in total. The number of hydrogen-bond donors (Lipinski definition) is 4. The van der Waals surface area contributed by atoms with Crippen LogP contribution in [0.25, 0.3) is 11.1 Å². The second kappa shape index (κ2) is 11.3. The first-order valence-corrected chi connectivity index (χ1v) is 14.4. The molecule has 2 aliphatic rings. The summed E-state index contributed by atoms with van der Waals surface area (Å²) in [7, 11) is -4.05. The fourth-order valence-corrected chi connectivity index (χ4v) is 6.79. The van der Waals surface area contributed by atoms with Gasteiger partial charge in [-0.05, 0) is 42.2 Å². The molecule has 4 atom stereocenters. The zero-order valence-electron chi connectivity index (χ0n) is 21.4. The van der Waals surface area contributed by atoms with Gasteiger partial charge in [0.1, 0.15) is 16.5 Å². The lowest BCUT2D eigenvalue weighted by Crippen LogP contribution is -2.46. The van der Waals surface area contributed by atoms with E-state index in [1.807, 2.05) is 35.2 Å². The van der Waals surface area contributed by atoms with Gasteiger partial charge in [-0.25, -0.2) is 17.5 Å². The van der Waals surface area contributed by atoms with Crippen molar-refractivity contribution in [3.8, 4) is 16.9 Å². The van der Waals surface area contributed by atoms with Crippen LogP contribution in [0, 0.1) is 11.2 Å². The molecule has 1 heterocycles. The third kappa shape index (κ3) is 6.32. The maximum Gasteiger partial charge on any atom is 0.244 e. The summed E-state index contributed by atoms with van der Waals surface area (Å²) >= 11 is 0. The molecule has 208 valence electrons. The van der Waals surface area contributed by atoms with Gasteiger partial charge in [-0.1, -0.05) is 54.6 Å². The van der Waals surface area contributed by atoms with Gasteiger partial charge in [0.2, 0.25) is 10.0 Å². The zero-order chi connectivity index (χ0) is 27.6. The molecular formula is C29H33FN2O6S. The van der Waals surface area contributed by atoms with Gasteiger partial charge in [0.05, 0.1) is 24.9 Å². The molecule has 0 saturated heterocycles. The van der Waals surface area contributed by atoms with E-state index in [9.17, 15) is 28.1 Å². The molecule has 0 radical (unpaired) electrons. The average molecular weight is 557 g/mol. The normalized spacial score (nSPS) is 27.7. The van der Waals surface area contributed by atoms with Gasteiger partial charge >= 0.3 is 0 Å². The van der Waals surface area contributed by atoms with Crippen molar-refractivity contribution in [3.05, 3.63) is 84.2 Å². The number of aliphatic hydroxyl groups excluding tert-OH is 3. The van der Waals surface area contributed by atoms with Crippen LogP contribution in [-0.2, 0) is 16.6 Å². The Morgan fingerprint density at radius 2 is 1.64 bits per heavy atom. The first-order chi connectivity index (χ1) is 18.6. The molecule has 0 amide bonds. The molecule has 39 heavy (non-hydrogen) atoms. The molecule has 3 aromatic rings. The van der Waals surface area contributed by atoms with Gasteiger partial charge in [-0.3, -0.25) is 4.90 Å². The van der Waals surface area contributed by atoms with Gasteiger partial charge in [0.15, 0.2) is 0 Å². The first-order valence-electron chi connectivity index (χ1n) is 13.0. The lowest BCUT2D eigenvalue weighted by Gasteiger charge is -2.37. The highest BCUT2D eigenvalue weighted by atomic mass is 32.2. The Labute approximate surface area is 227 Å². The van der Waals surface area contributed by atoms with Crippen LogP contribution in [0.4, 0.5) is 4.39 Å². The topological polar surface area (TPSA) is 119 Å². The lowest BCUT2D eigenvalue weighted by molar-refractivity contribution is 0.0423. The molecule has 1 saturated carbocycles. The van der Waals surface area contributed by atoms with Crippen molar-refractivity contribution in [2.24, 2.45) is 5.41 Å². The molecule has 0 aromatic heterocycles. The van der Waals surface area contributed by atoms with E-state index < -0.39 is 39.6 Å². The van der Waals surface area contributed by atoms with Gasteiger partial charge in [0.25, 0.3) is 0 Å². The summed E-state index contributed by atoms with van der Waals surface area (Å²) in [6, 6.07) is 20.7. The van der Waals surface area contributed by atoms with Gasteiger partial charge in [-0.2, -0.15) is 0 Å². The predicted octanol–water partition coefficient (Wildman–Crippen LogP) is 2.53. The van der Waals surface area contributed by atoms with Crippen LogP contribution in [0.3, 0.4) is 0 Å². The van der Waals surface area contributed by atoms with Gasteiger partial charge < -0.3 is 20.1 Å². The van der Waals surface area contributed by atoms with E-state index >= 15 is 0 Å². The number of halogens is 1. The van der Waals surface area contributed by atoms with E-state index in [0.717, 1.165) is 11.1 Å². The number of ether oxygens (including phenoxy) is 1. The summed E-state index contributed by atoms with van der Waals surface area (Å²) in [5.74, 6) is -0.257. The van der Waals surface area contributed by atoms with Crippen molar-refractivity contribution in [2.45, 2.75) is 42.6 Å². The summed E-state index contributed by atoms with van der Waals surface area (Å²) in [6.45, 7) is 0.233. The number of aliphatic hydroxyl groups is 3. The van der Waals surface area contributed by atoms with Crippen LogP contribution in [0.5, 0.6) is 5.75 Å². The van der Waals surface area contributed by atoms with E-state index in [2.05, 4.69) is 4.72 Å². The van der Waals surface area contributed by atoms with Crippen molar-refractivity contribution < 1.29 is 32.9 Å². The molecule has 10 heteroatoms. The smallest absolute Gasteiger partial charge is 0.244 e. The van der Waals surface area contributed by atoms with E-state index in [-0.39, 0.29) is 56.3 Å². The maximum atomic E-state index is 14.5. The summed E-state index contributed by atoms with van der Waals surface area (Å²) in [5.41, 5.74) is 1.29. The van der Waals surface area contributed by atoms with Crippen LogP contribution in [0.1, 0.15) is 18.4 Å². The van der Waals surface area contributed by atoms with E-state index in [1.54, 1.807) is 30.3 Å². The molecule has 3 aromatic carbocycles. The Kier molecular flexibility index (Phi) is 8.04. The highest BCUT2D eigenvalue weighted by Crippen LogP contribution is 2.41. The number of nitrogens with one attached hydrogen (secondary N) is 1. The third-order valence-corrected chi connectivity index (χ3v) is 8.95. The van der Waals surface area contributed by atoms with E-state index in [1.165, 1.54) is 12.1 Å². The quantitative estimate of drug-likeness (QED) is 0.392. The highest BCUT2D eigenvalue weighted by molar-refractivity contribution is 7.89. The standard InChI is InChI=1S/C29H33FN2O6S/c30-24-9-5-4-8-22(24)16-32-17-23(33)15-31-39(36,37)28-11-10-21(20-6-2-1-3-7-20)12-27(28)38-19-29(18-32)13-25(34)26(35)14-29/h1-12,23,25-26,31,33-35H,13-19H2/t23-,25-,26+,29?/m0/s1. The number of β-amino-alcohol motifs (C(OH)–C–C–N with tert-alkyl or cyclic N) is 1. The minimum absolute atomic E-state index is 0.00570. The molecular weight excluding hydrogens is 523 g/mol. The number of nitrogens with zero attached hydrogens (tertiary/aromatic N) is 1. The molecule has 1 spiro atoms. The first kappa shape index (κ1) is 27.7. The molecule has 0 bridgehead atoms. The van der Waals surface area contributed by atoms with E-state index in [0.29, 0.717) is 5.56 Å². The van der Waals surface area contributed by atoms with Crippen LogP contribution in [-0.4, -0.2) is 73.2 Å². The van der Waals surface area contributed by atoms with Crippen molar-refractivity contribution in [1.29, 1.82) is 0 Å². The van der Waals surface area contributed by atoms with Gasteiger partial charge in [-0.15, -0.1) is 0 Å². The second-order valence-electron chi connectivity index (χ2n) is 10.6. The van der Waals surface area contributed by atoms with Crippen LogP contribution >= 0.6 is 0 Å². The Hall–Kier alpha value is -2.86. The van der Waals surface area contributed by atoms with Crippen molar-refractivity contribution in [3.63, 3.8) is 0 Å². The monoisotopic (exact) mass is 556 g/mol. The van der Waals surface area contributed by atoms with Crippen molar-refractivity contribution in [2.75, 3.05) is 26.2 Å². The Morgan fingerprint density at radius 1 is 0.949 bits per heavy atom. The number of sulfonamides is 1. The Bertz CT molecular complexity index is 1390. The third-order valence-electron chi connectivity index (χ3n) is 7.49. The summed E-state index contributed by atoms with van der Waals surface area (Å²) < 4.78 is 49.8. The molecule has 1 aliphatic heterocycles. The molecule has 4 N–H and O–H groups in total. The van der Waals surface area contributed by atoms with E-state index in [4.69, 9.17) is 4.74 Å². The number of benzene rings is 3. The largest absolute Gasteiger partial charge is 0.492 e. The summed E-state index contributed by atoms with van der Waals surface area (Å²) in [6.07, 6.45) is -2.65. The Balaban J connectivity index is 1.53. The predicted molar refractivity (Wildman–Crippen MR) is 144 cm³/mol. The highest BCUT2D eigenvalue weighted by Gasteiger charge is 2.46. The minimum atomic E-state index is -4.05. The van der Waals surface area contributed by atoms with Crippen LogP contribution < -0.4 is 9.46 Å². The van der Waals surface area contributed by atoms with Crippen molar-refractivity contribution in [1.82, 2.24) is 9.62 Å². The second-order valence-corrected chi connectivity index (χ2v) is 12.4. The fraction of sp³-hybridized carbons (Fsp3) is 0.379. The number of fused-ring (bicyclic) bond motifs is 1. The van der Waals surface area contributed by atoms with Crippen LogP contribution in [0.2, 0.25) is 0 Å². The lowest BCUT2D eigenvalue weighted by atomic mass is 9.85. The van der Waals surface area contributed by atoms with Gasteiger partial charge in [0, 0.05) is 37.2 Å². The minimum Gasteiger partial charge on any atom is -0.492 e. The average Bonchev–Trinajstić information content (AvgIpc) is 3.20. The molecule has 1 fully saturated rings. The summed E-state index contributed by atoms with van der Waals surface area (Å²) in [5, 5.41) is 31.8. The molecule has 5 rings (SSSR count). The Morgan fingerprint density at radius 3 is 2.36 bits per heavy atom. The maximum absolute atomic E-state index is 14.5.